The molecular formula is C18H26ClN3O4. The average molecular weight is 384 g/mol. The molecule has 0 spiro atoms. The van der Waals surface area contributed by atoms with Gasteiger partial charge in [0.05, 0.1) is 24.7 Å². The summed E-state index contributed by atoms with van der Waals surface area (Å²) in [5.74, 6) is -0.0361. The molecule has 5 atom stereocenters. The molecule has 3 N–H and O–H groups in total. The number of fused-ring (bicyclic) bond motifs is 1. The number of halogens is 1. The van der Waals surface area contributed by atoms with Crippen molar-refractivity contribution in [2.45, 2.75) is 69.8 Å². The van der Waals surface area contributed by atoms with Crippen LogP contribution >= 0.6 is 11.6 Å². The van der Waals surface area contributed by atoms with E-state index in [9.17, 15) is 9.90 Å². The molecule has 0 saturated carbocycles. The van der Waals surface area contributed by atoms with Crippen molar-refractivity contribution in [2.75, 3.05) is 6.54 Å². The predicted molar refractivity (Wildman–Crippen MR) is 96.8 cm³/mol. The zero-order valence-electron chi connectivity index (χ0n) is 15.0. The smallest absolute Gasteiger partial charge is 0.222 e. The fraction of sp³-hybridized carbons (Fsp3) is 0.667. The van der Waals surface area contributed by atoms with Gasteiger partial charge in [-0.3, -0.25) is 9.78 Å². The maximum absolute atomic E-state index is 11.9. The monoisotopic (exact) mass is 383 g/mol. The second-order valence-electron chi connectivity index (χ2n) is 7.19. The van der Waals surface area contributed by atoms with Gasteiger partial charge in [0, 0.05) is 48.5 Å². The number of aromatic nitrogens is 1. The average Bonchev–Trinajstić information content (AvgIpc) is 3.08. The summed E-state index contributed by atoms with van der Waals surface area (Å²) in [7, 11) is 0. The van der Waals surface area contributed by atoms with E-state index in [0.717, 1.165) is 5.56 Å². The molecule has 8 heteroatoms. The molecule has 2 saturated heterocycles. The topological polar surface area (TPSA) is 92.7 Å². The molecule has 3 heterocycles. The van der Waals surface area contributed by atoms with Gasteiger partial charge in [-0.15, -0.1) is 0 Å². The minimum Gasteiger partial charge on any atom is -0.388 e. The van der Waals surface area contributed by atoms with Gasteiger partial charge in [0.2, 0.25) is 5.91 Å². The maximum atomic E-state index is 11.9. The Kier molecular flexibility index (Phi) is 6.47. The Morgan fingerprint density at radius 1 is 1.46 bits per heavy atom. The van der Waals surface area contributed by atoms with Gasteiger partial charge in [0.1, 0.15) is 12.2 Å². The Hall–Kier alpha value is -1.25. The van der Waals surface area contributed by atoms with E-state index < -0.39 is 6.10 Å². The van der Waals surface area contributed by atoms with Gasteiger partial charge in [0.15, 0.2) is 0 Å². The number of carbonyl (C=O) groups is 1. The lowest BCUT2D eigenvalue weighted by molar-refractivity contribution is -0.125. The Labute approximate surface area is 158 Å². The number of nitrogens with zero attached hydrogens (tertiary/aromatic N) is 1. The molecule has 3 rings (SSSR count). The Morgan fingerprint density at radius 3 is 2.96 bits per heavy atom. The van der Waals surface area contributed by atoms with E-state index >= 15 is 0 Å². The molecule has 0 bridgehead atoms. The fourth-order valence-electron chi connectivity index (χ4n) is 3.49. The van der Waals surface area contributed by atoms with Crippen LogP contribution in [0.2, 0.25) is 5.02 Å². The summed E-state index contributed by atoms with van der Waals surface area (Å²) in [5, 5.41) is 17.2. The van der Waals surface area contributed by atoms with E-state index in [-0.39, 0.29) is 36.4 Å². The summed E-state index contributed by atoms with van der Waals surface area (Å²) in [5.41, 5.74) is 0.898. The van der Waals surface area contributed by atoms with Crippen molar-refractivity contribution in [1.29, 1.82) is 0 Å². The van der Waals surface area contributed by atoms with Gasteiger partial charge < -0.3 is 25.2 Å². The first-order valence-electron chi connectivity index (χ1n) is 9.01. The molecule has 2 fully saturated rings. The van der Waals surface area contributed by atoms with Crippen LogP contribution in [0.25, 0.3) is 0 Å². The number of aliphatic hydroxyl groups excluding tert-OH is 1. The number of ether oxygens (including phenoxy) is 2. The van der Waals surface area contributed by atoms with Gasteiger partial charge in [-0.25, -0.2) is 0 Å². The van der Waals surface area contributed by atoms with E-state index in [2.05, 4.69) is 15.6 Å². The number of amides is 1. The number of nitrogens with one attached hydrogen (secondary N) is 2. The number of hydrogen-bond acceptors (Lipinski definition) is 6. The maximum Gasteiger partial charge on any atom is 0.222 e. The van der Waals surface area contributed by atoms with Crippen LogP contribution in [-0.4, -0.2) is 59.1 Å². The van der Waals surface area contributed by atoms with Gasteiger partial charge >= 0.3 is 0 Å². The fourth-order valence-corrected chi connectivity index (χ4v) is 3.66. The first-order valence-corrected chi connectivity index (χ1v) is 9.39. The van der Waals surface area contributed by atoms with Crippen molar-refractivity contribution < 1.29 is 19.4 Å². The molecule has 0 unspecified atom stereocenters. The molecule has 0 aliphatic carbocycles. The molecule has 0 radical (unpaired) electrons. The number of aliphatic hydroxyl groups is 1. The van der Waals surface area contributed by atoms with Crippen molar-refractivity contribution in [3.05, 3.63) is 29.0 Å². The number of rotatable bonds is 7. The molecule has 2 aliphatic heterocycles. The van der Waals surface area contributed by atoms with Crippen LogP contribution in [0.1, 0.15) is 32.3 Å². The van der Waals surface area contributed by atoms with E-state index in [1.807, 2.05) is 13.8 Å². The highest BCUT2D eigenvalue weighted by molar-refractivity contribution is 6.31. The third-order valence-corrected chi connectivity index (χ3v) is 5.01. The first-order chi connectivity index (χ1) is 12.4. The Balaban J connectivity index is 1.43. The van der Waals surface area contributed by atoms with Crippen LogP contribution in [0.3, 0.4) is 0 Å². The summed E-state index contributed by atoms with van der Waals surface area (Å²) in [6.07, 6.45) is 2.47. The molecule has 26 heavy (non-hydrogen) atoms. The molecular weight excluding hydrogens is 358 g/mol. The van der Waals surface area contributed by atoms with E-state index in [4.69, 9.17) is 21.1 Å². The lowest BCUT2D eigenvalue weighted by Gasteiger charge is -2.20. The molecule has 0 aromatic carbocycles. The van der Waals surface area contributed by atoms with Crippen molar-refractivity contribution >= 4 is 17.5 Å². The third kappa shape index (κ3) is 4.72. The van der Waals surface area contributed by atoms with Crippen molar-refractivity contribution in [1.82, 2.24) is 15.6 Å². The molecule has 144 valence electrons. The normalized spacial score (nSPS) is 30.6. The predicted octanol–water partition coefficient (Wildman–Crippen LogP) is 1.03. The van der Waals surface area contributed by atoms with Crippen molar-refractivity contribution in [2.24, 2.45) is 0 Å². The van der Waals surface area contributed by atoms with Crippen LogP contribution in [0.4, 0.5) is 0 Å². The molecule has 1 amide bonds. The zero-order valence-corrected chi connectivity index (χ0v) is 15.8. The first kappa shape index (κ1) is 19.5. The lowest BCUT2D eigenvalue weighted by Crippen LogP contribution is -2.39. The summed E-state index contributed by atoms with van der Waals surface area (Å²) in [6, 6.07) is 1.85. The van der Waals surface area contributed by atoms with E-state index in [1.54, 1.807) is 18.5 Å². The molecule has 1 aromatic rings. The minimum atomic E-state index is -0.713. The summed E-state index contributed by atoms with van der Waals surface area (Å²) >= 11 is 6.10. The number of hydrogen-bond donors (Lipinski definition) is 3. The quantitative estimate of drug-likeness (QED) is 0.651. The third-order valence-electron chi connectivity index (χ3n) is 4.65. The van der Waals surface area contributed by atoms with E-state index in [1.165, 1.54) is 0 Å². The second-order valence-corrected chi connectivity index (χ2v) is 7.59. The van der Waals surface area contributed by atoms with Crippen LogP contribution in [0.5, 0.6) is 0 Å². The van der Waals surface area contributed by atoms with Crippen LogP contribution in [-0.2, 0) is 20.8 Å². The highest BCUT2D eigenvalue weighted by Gasteiger charge is 2.50. The van der Waals surface area contributed by atoms with Gasteiger partial charge in [-0.1, -0.05) is 11.6 Å². The minimum absolute atomic E-state index is 0.0361. The molecule has 1 aromatic heterocycles. The number of carbonyl (C=O) groups excluding carboxylic acids is 1. The van der Waals surface area contributed by atoms with Gasteiger partial charge in [-0.05, 0) is 19.9 Å². The molecule has 2 aliphatic rings. The highest BCUT2D eigenvalue weighted by atomic mass is 35.5. The lowest BCUT2D eigenvalue weighted by atomic mass is 10.1. The summed E-state index contributed by atoms with van der Waals surface area (Å²) < 4.78 is 11.8. The van der Waals surface area contributed by atoms with Gasteiger partial charge in [0.25, 0.3) is 0 Å². The molecule has 7 nitrogen and oxygen atoms in total. The van der Waals surface area contributed by atoms with Crippen LogP contribution in [0, 0.1) is 0 Å². The van der Waals surface area contributed by atoms with E-state index in [0.29, 0.717) is 31.0 Å². The Morgan fingerprint density at radius 2 is 2.27 bits per heavy atom. The van der Waals surface area contributed by atoms with Crippen LogP contribution in [0.15, 0.2) is 18.5 Å². The van der Waals surface area contributed by atoms with Gasteiger partial charge in [-0.2, -0.15) is 0 Å². The summed E-state index contributed by atoms with van der Waals surface area (Å²) in [4.78, 5) is 15.9. The van der Waals surface area contributed by atoms with Crippen molar-refractivity contribution in [3.8, 4) is 0 Å². The Bertz CT molecular complexity index is 630. The standard InChI is InChI=1S/C18H26ClN3O4/c1-10(2)22-16(23)6-12-5-14-18(25-12)17(24)15(26-14)9-21-8-11-7-20-4-3-13(11)19/h3-4,7,10,12,14-15,17-18,21,24H,5-6,8-9H2,1-2H3,(H,22,23)/t12-,14+,15+,17+,18-/m0/s1. The zero-order chi connectivity index (χ0) is 18.7. The SMILES string of the molecule is CC(C)NC(=O)C[C@@H]1C[C@H]2O[C@H](CNCc3cnccc3Cl)[C@@H](O)[C@H]2O1. The second kappa shape index (κ2) is 8.63. The largest absolute Gasteiger partial charge is 0.388 e. The van der Waals surface area contributed by atoms with Crippen molar-refractivity contribution in [3.63, 3.8) is 0 Å². The summed E-state index contributed by atoms with van der Waals surface area (Å²) in [6.45, 7) is 4.88. The highest BCUT2D eigenvalue weighted by Crippen LogP contribution is 2.35. The van der Waals surface area contributed by atoms with Crippen LogP contribution < -0.4 is 10.6 Å². The number of pyridine rings is 1.